The highest BCUT2D eigenvalue weighted by molar-refractivity contribution is 7.92. The van der Waals surface area contributed by atoms with Crippen LogP contribution in [0.3, 0.4) is 0 Å². The van der Waals surface area contributed by atoms with E-state index in [0.29, 0.717) is 23.3 Å². The number of fused-ring (bicyclic) bond motifs is 5. The maximum Gasteiger partial charge on any atom is 0.264 e. The summed E-state index contributed by atoms with van der Waals surface area (Å²) in [6, 6.07) is 14.6. The van der Waals surface area contributed by atoms with Gasteiger partial charge in [0.25, 0.3) is 15.9 Å². The van der Waals surface area contributed by atoms with Crippen LogP contribution in [0.15, 0.2) is 70.1 Å². The molecule has 2 atom stereocenters. The number of furan rings is 1. The van der Waals surface area contributed by atoms with E-state index < -0.39 is 33.2 Å². The van der Waals surface area contributed by atoms with E-state index in [9.17, 15) is 23.4 Å². The summed E-state index contributed by atoms with van der Waals surface area (Å²) < 4.78 is 42.3. The molecule has 0 radical (unpaired) electrons. The molecule has 7 rings (SSSR count). The molecule has 2 aromatic carbocycles. The molecule has 1 saturated carbocycles. The van der Waals surface area contributed by atoms with Crippen molar-refractivity contribution in [1.82, 2.24) is 24.8 Å². The number of aryl methyl sites for hydroxylation is 2. The van der Waals surface area contributed by atoms with E-state index in [4.69, 9.17) is 14.1 Å². The van der Waals surface area contributed by atoms with Gasteiger partial charge in [0, 0.05) is 29.7 Å². The summed E-state index contributed by atoms with van der Waals surface area (Å²) in [5.74, 6) is -0.196. The highest BCUT2D eigenvalue weighted by Crippen LogP contribution is 2.50. The first kappa shape index (κ1) is 36.4. The Balaban J connectivity index is 1.31. The van der Waals surface area contributed by atoms with Gasteiger partial charge in [0.2, 0.25) is 17.5 Å². The number of hydrogen-bond acceptors (Lipinski definition) is 11. The van der Waals surface area contributed by atoms with Crippen LogP contribution in [0.4, 0.5) is 5.95 Å². The Morgan fingerprint density at radius 3 is 2.42 bits per heavy atom. The van der Waals surface area contributed by atoms with Crippen LogP contribution in [-0.2, 0) is 22.2 Å². The molecule has 4 bridgehead atoms. The van der Waals surface area contributed by atoms with Gasteiger partial charge in [0.1, 0.15) is 23.5 Å². The fourth-order valence-electron chi connectivity index (χ4n) is 7.13. The third kappa shape index (κ3) is 7.90. The SMILES string of the molecule is Cc1cccc(C)c1-c1cc2nc(n1)NS(=O)(=O)c1cccc(c1)C(=O)N(Cc1cnc3oc(C(C)(O)CC(C)(C)O)cc3n1)[C@H](CC1(C)CC1)CO2. The highest BCUT2D eigenvalue weighted by atomic mass is 32.2. The number of amides is 1. The zero-order valence-corrected chi connectivity index (χ0v) is 31.5. The van der Waals surface area contributed by atoms with E-state index in [1.54, 1.807) is 43.9 Å². The zero-order chi connectivity index (χ0) is 37.9. The fourth-order valence-corrected chi connectivity index (χ4v) is 8.12. The molecule has 1 fully saturated rings. The largest absolute Gasteiger partial charge is 0.475 e. The van der Waals surface area contributed by atoms with Gasteiger partial charge in [-0.3, -0.25) is 4.79 Å². The van der Waals surface area contributed by atoms with Crippen molar-refractivity contribution in [2.24, 2.45) is 5.41 Å². The topological polar surface area (TPSA) is 181 Å². The summed E-state index contributed by atoms with van der Waals surface area (Å²) in [6.07, 6.45) is 4.13. The Hall–Kier alpha value is -4.92. The Morgan fingerprint density at radius 2 is 1.72 bits per heavy atom. The molecular weight excluding hydrogens is 697 g/mol. The lowest BCUT2D eigenvalue weighted by Crippen LogP contribution is -2.44. The molecule has 2 aliphatic rings. The zero-order valence-electron chi connectivity index (χ0n) is 30.7. The number of carbonyl (C=O) groups excluding carboxylic acids is 1. The van der Waals surface area contributed by atoms with Gasteiger partial charge in [-0.05, 0) is 88.6 Å². The number of sulfonamides is 1. The van der Waals surface area contributed by atoms with Crippen LogP contribution in [0.25, 0.3) is 22.5 Å². The fraction of sp³-hybridized carbons (Fsp3) is 0.410. The van der Waals surface area contributed by atoms with Crippen LogP contribution in [0.1, 0.15) is 86.3 Å². The second-order valence-electron chi connectivity index (χ2n) is 15.7. The predicted molar refractivity (Wildman–Crippen MR) is 198 cm³/mol. The monoisotopic (exact) mass is 740 g/mol. The molecule has 4 heterocycles. The molecule has 5 aromatic rings. The number of aliphatic hydroxyl groups is 2. The van der Waals surface area contributed by atoms with Gasteiger partial charge in [0.15, 0.2) is 0 Å². The molecule has 1 unspecified atom stereocenters. The smallest absolute Gasteiger partial charge is 0.264 e. The van der Waals surface area contributed by atoms with Gasteiger partial charge in [0.05, 0.1) is 40.7 Å². The predicted octanol–water partition coefficient (Wildman–Crippen LogP) is 6.06. The lowest BCUT2D eigenvalue weighted by atomic mass is 9.89. The van der Waals surface area contributed by atoms with Crippen molar-refractivity contribution in [3.05, 3.63) is 88.9 Å². The Labute approximate surface area is 308 Å². The molecule has 0 saturated heterocycles. The molecule has 1 amide bonds. The van der Waals surface area contributed by atoms with Crippen molar-refractivity contribution in [3.8, 4) is 17.1 Å². The van der Waals surface area contributed by atoms with Crippen molar-refractivity contribution in [3.63, 3.8) is 0 Å². The van der Waals surface area contributed by atoms with E-state index in [-0.39, 0.29) is 58.7 Å². The second kappa shape index (κ2) is 13.2. The van der Waals surface area contributed by atoms with Crippen LogP contribution < -0.4 is 9.46 Å². The molecule has 14 heteroatoms. The van der Waals surface area contributed by atoms with E-state index in [1.165, 1.54) is 24.4 Å². The molecule has 3 N–H and O–H groups in total. The van der Waals surface area contributed by atoms with Gasteiger partial charge < -0.3 is 24.3 Å². The van der Waals surface area contributed by atoms with Gasteiger partial charge in [-0.1, -0.05) is 31.2 Å². The van der Waals surface area contributed by atoms with Gasteiger partial charge in [-0.25, -0.2) is 28.1 Å². The maximum absolute atomic E-state index is 14.6. The standard InChI is InChI=1S/C39H44N6O7S/c1-23-9-7-10-24(2)33(23)29-17-32-43-36(42-29)44-53(49,50)28-12-8-11-25(15-28)35(46)45(27(21-51-32)18-38(5)13-14-38)20-26-19-40-34-30(41-26)16-31(52-34)39(6,48)22-37(3,4)47/h7-12,15-17,19,27,47-48H,13-14,18,20-22H2,1-6H3,(H,42,43,44)/t27-,39?/m1/s1. The van der Waals surface area contributed by atoms with Crippen LogP contribution in [0.5, 0.6) is 5.88 Å². The lowest BCUT2D eigenvalue weighted by Gasteiger charge is -2.33. The van der Waals surface area contributed by atoms with Crippen LogP contribution in [-0.4, -0.2) is 67.6 Å². The third-order valence-electron chi connectivity index (χ3n) is 9.94. The van der Waals surface area contributed by atoms with Crippen LogP contribution in [0.2, 0.25) is 0 Å². The number of benzene rings is 2. The van der Waals surface area contributed by atoms with Crippen molar-refractivity contribution < 1.29 is 32.6 Å². The van der Waals surface area contributed by atoms with E-state index in [1.807, 2.05) is 32.0 Å². The third-order valence-corrected chi connectivity index (χ3v) is 11.3. The first-order valence-electron chi connectivity index (χ1n) is 17.6. The molecule has 278 valence electrons. The quantitative estimate of drug-likeness (QED) is 0.168. The summed E-state index contributed by atoms with van der Waals surface area (Å²) in [6.45, 7) is 10.9. The molecule has 1 aliphatic heterocycles. The summed E-state index contributed by atoms with van der Waals surface area (Å²) in [7, 11) is -4.23. The average Bonchev–Trinajstić information content (AvgIpc) is 3.63. The number of hydrogen-bond donors (Lipinski definition) is 3. The second-order valence-corrected chi connectivity index (χ2v) is 17.3. The molecule has 53 heavy (non-hydrogen) atoms. The first-order valence-corrected chi connectivity index (χ1v) is 19.1. The van der Waals surface area contributed by atoms with E-state index in [2.05, 4.69) is 26.6 Å². The molecule has 1 aliphatic carbocycles. The summed E-state index contributed by atoms with van der Waals surface area (Å²) in [5, 5.41) is 21.5. The minimum absolute atomic E-state index is 0.0135. The molecule has 3 aromatic heterocycles. The minimum atomic E-state index is -4.23. The summed E-state index contributed by atoms with van der Waals surface area (Å²) in [4.78, 5) is 34.4. The number of aromatic nitrogens is 4. The minimum Gasteiger partial charge on any atom is -0.475 e. The Kier molecular flexibility index (Phi) is 9.06. The number of carbonyl (C=O) groups is 1. The highest BCUT2D eigenvalue weighted by Gasteiger charge is 2.42. The molecule has 13 nitrogen and oxygen atoms in total. The lowest BCUT2D eigenvalue weighted by molar-refractivity contribution is -0.0500. The van der Waals surface area contributed by atoms with Crippen LogP contribution in [0, 0.1) is 19.3 Å². The molecule has 0 spiro atoms. The van der Waals surface area contributed by atoms with Gasteiger partial charge in [-0.15, -0.1) is 0 Å². The summed E-state index contributed by atoms with van der Waals surface area (Å²) >= 11 is 0. The van der Waals surface area contributed by atoms with Crippen molar-refractivity contribution in [1.29, 1.82) is 0 Å². The maximum atomic E-state index is 14.6. The first-order chi connectivity index (χ1) is 24.9. The van der Waals surface area contributed by atoms with Crippen LogP contribution >= 0.6 is 0 Å². The van der Waals surface area contributed by atoms with Crippen molar-refractivity contribution >= 4 is 33.1 Å². The number of rotatable bonds is 8. The van der Waals surface area contributed by atoms with Crippen molar-refractivity contribution in [2.45, 2.75) is 95.9 Å². The Morgan fingerprint density at radius 1 is 1.00 bits per heavy atom. The number of anilines is 1. The van der Waals surface area contributed by atoms with Gasteiger partial charge in [-0.2, -0.15) is 4.98 Å². The van der Waals surface area contributed by atoms with Gasteiger partial charge >= 0.3 is 0 Å². The number of ether oxygens (including phenoxy) is 1. The number of nitrogens with zero attached hydrogens (tertiary/aromatic N) is 5. The average molecular weight is 741 g/mol. The Bertz CT molecular complexity index is 2310. The van der Waals surface area contributed by atoms with Crippen molar-refractivity contribution in [2.75, 3.05) is 11.3 Å². The normalized spacial score (nSPS) is 19.3. The van der Waals surface area contributed by atoms with E-state index in [0.717, 1.165) is 29.5 Å². The summed E-state index contributed by atoms with van der Waals surface area (Å²) in [5.41, 5.74) is 1.76. The molecular formula is C39H44N6O7S. The number of nitrogens with one attached hydrogen (secondary N) is 1. The van der Waals surface area contributed by atoms with E-state index >= 15 is 0 Å².